The lowest BCUT2D eigenvalue weighted by Crippen LogP contribution is -2.51. The Morgan fingerprint density at radius 2 is 1.90 bits per heavy atom. The van der Waals surface area contributed by atoms with Gasteiger partial charge in [-0.15, -0.1) is 0 Å². The number of hydrogen-bond acceptors (Lipinski definition) is 6. The second-order valence-corrected chi connectivity index (χ2v) is 10.3. The zero-order chi connectivity index (χ0) is 23.0. The minimum Gasteiger partial charge on any atom is -0.480 e. The first-order valence-corrected chi connectivity index (χ1v) is 12.1. The molecule has 2 atom stereocenters. The van der Waals surface area contributed by atoms with Crippen LogP contribution in [0, 0.1) is 5.92 Å². The molecule has 1 fully saturated rings. The summed E-state index contributed by atoms with van der Waals surface area (Å²) in [4.78, 5) is 37.5. The molecule has 10 heteroatoms. The molecule has 1 heterocycles. The second kappa shape index (κ2) is 11.1. The average Bonchev–Trinajstić information content (AvgIpc) is 3.15. The molecule has 1 saturated heterocycles. The maximum absolute atomic E-state index is 12.9. The van der Waals surface area contributed by atoms with Crippen molar-refractivity contribution < 1.29 is 32.6 Å². The third-order valence-electron chi connectivity index (χ3n) is 4.90. The van der Waals surface area contributed by atoms with Crippen LogP contribution in [0.4, 0.5) is 4.79 Å². The van der Waals surface area contributed by atoms with Crippen molar-refractivity contribution in [1.82, 2.24) is 10.2 Å². The lowest BCUT2D eigenvalue weighted by atomic mass is 10.0. The van der Waals surface area contributed by atoms with Crippen molar-refractivity contribution in [3.8, 4) is 0 Å². The molecular formula is C21H30N2O7S. The Bertz CT molecular complexity index is 871. The van der Waals surface area contributed by atoms with Crippen molar-refractivity contribution in [2.45, 2.75) is 51.8 Å². The fourth-order valence-electron chi connectivity index (χ4n) is 3.65. The van der Waals surface area contributed by atoms with Gasteiger partial charge in [0.15, 0.2) is 9.84 Å². The fraction of sp³-hybridized carbons (Fsp3) is 0.571. The third kappa shape index (κ3) is 8.20. The van der Waals surface area contributed by atoms with Crippen molar-refractivity contribution in [1.29, 1.82) is 0 Å². The average molecular weight is 455 g/mol. The predicted octanol–water partition coefficient (Wildman–Crippen LogP) is 1.82. The van der Waals surface area contributed by atoms with Gasteiger partial charge in [0.25, 0.3) is 0 Å². The summed E-state index contributed by atoms with van der Waals surface area (Å²) in [5, 5.41) is 11.5. The number of sulfone groups is 1. The third-order valence-corrected chi connectivity index (χ3v) is 6.49. The summed E-state index contributed by atoms with van der Waals surface area (Å²) >= 11 is 0. The van der Waals surface area contributed by atoms with E-state index in [4.69, 9.17) is 9.84 Å². The van der Waals surface area contributed by atoms with Crippen molar-refractivity contribution in [2.75, 3.05) is 18.1 Å². The van der Waals surface area contributed by atoms with Crippen LogP contribution in [0.5, 0.6) is 0 Å². The molecule has 31 heavy (non-hydrogen) atoms. The number of aliphatic carboxylic acids is 1. The van der Waals surface area contributed by atoms with Gasteiger partial charge in [-0.3, -0.25) is 14.5 Å². The maximum Gasteiger partial charge on any atom is 0.410 e. The molecule has 0 aromatic heterocycles. The summed E-state index contributed by atoms with van der Waals surface area (Å²) in [5.74, 6) is -3.25. The molecule has 0 spiro atoms. The van der Waals surface area contributed by atoms with Gasteiger partial charge in [0.05, 0.1) is 5.75 Å². The normalized spacial score (nSPS) is 17.4. The lowest BCUT2D eigenvalue weighted by molar-refractivity contribution is -0.134. The molecule has 0 radical (unpaired) electrons. The molecule has 172 valence electrons. The van der Waals surface area contributed by atoms with Crippen LogP contribution in [-0.2, 0) is 30.8 Å². The van der Waals surface area contributed by atoms with Crippen LogP contribution in [0.2, 0.25) is 0 Å². The van der Waals surface area contributed by atoms with Gasteiger partial charge >= 0.3 is 12.1 Å². The minimum absolute atomic E-state index is 0.0841. The van der Waals surface area contributed by atoms with E-state index in [1.54, 1.807) is 0 Å². The molecule has 1 aromatic rings. The highest BCUT2D eigenvalue weighted by Gasteiger charge is 2.36. The van der Waals surface area contributed by atoms with Crippen LogP contribution in [0.15, 0.2) is 30.3 Å². The zero-order valence-electron chi connectivity index (χ0n) is 17.8. The Labute approximate surface area is 182 Å². The first-order chi connectivity index (χ1) is 14.6. The first-order valence-electron chi connectivity index (χ1n) is 10.3. The molecule has 0 saturated carbocycles. The molecule has 0 aliphatic carbocycles. The molecule has 9 nitrogen and oxygen atoms in total. The Kier molecular flexibility index (Phi) is 8.85. The summed E-state index contributed by atoms with van der Waals surface area (Å²) in [6, 6.07) is 7.70. The van der Waals surface area contributed by atoms with Crippen LogP contribution < -0.4 is 5.32 Å². The molecular weight excluding hydrogens is 424 g/mol. The van der Waals surface area contributed by atoms with E-state index in [9.17, 15) is 22.8 Å². The Morgan fingerprint density at radius 1 is 1.23 bits per heavy atom. The van der Waals surface area contributed by atoms with E-state index < -0.39 is 51.4 Å². The number of benzene rings is 1. The Hall–Kier alpha value is -2.62. The second-order valence-electron chi connectivity index (χ2n) is 8.17. The lowest BCUT2D eigenvalue weighted by Gasteiger charge is -2.26. The van der Waals surface area contributed by atoms with Gasteiger partial charge in [0.2, 0.25) is 5.91 Å². The fourth-order valence-corrected chi connectivity index (χ4v) is 4.98. The summed E-state index contributed by atoms with van der Waals surface area (Å²) in [6.07, 6.45) is 0.851. The molecule has 1 aromatic carbocycles. The zero-order valence-corrected chi connectivity index (χ0v) is 18.6. The molecule has 1 aliphatic heterocycles. The highest BCUT2D eigenvalue weighted by Crippen LogP contribution is 2.20. The topological polar surface area (TPSA) is 130 Å². The standard InChI is InChI=1S/C21H30N2O7S/c1-15(2)11-17(13-31(28,29)14-19(24)25)22-20(26)18-9-6-10-23(18)21(27)30-12-16-7-4-3-5-8-16/h3-5,7-8,15,17-18H,6,9-14H2,1-2H3,(H,22,26)(H,24,25). The van der Waals surface area contributed by atoms with E-state index >= 15 is 0 Å². The number of carboxylic acids is 1. The Morgan fingerprint density at radius 3 is 2.52 bits per heavy atom. The number of carbonyl (C=O) groups excluding carboxylic acids is 2. The quantitative estimate of drug-likeness (QED) is 0.551. The number of carboxylic acid groups (broad SMARTS) is 1. The number of likely N-dealkylation sites (tertiary alicyclic amines) is 1. The first kappa shape index (κ1) is 24.6. The number of nitrogens with one attached hydrogen (secondary N) is 1. The van der Waals surface area contributed by atoms with Gasteiger partial charge in [-0.25, -0.2) is 13.2 Å². The number of ether oxygens (including phenoxy) is 1. The van der Waals surface area contributed by atoms with Gasteiger partial charge in [0, 0.05) is 12.6 Å². The summed E-state index contributed by atoms with van der Waals surface area (Å²) in [5.41, 5.74) is 0.830. The summed E-state index contributed by atoms with van der Waals surface area (Å²) in [6.45, 7) is 4.23. The van der Waals surface area contributed by atoms with Gasteiger partial charge < -0.3 is 15.2 Å². The highest BCUT2D eigenvalue weighted by molar-refractivity contribution is 7.92. The smallest absolute Gasteiger partial charge is 0.410 e. The van der Waals surface area contributed by atoms with Crippen molar-refractivity contribution in [3.05, 3.63) is 35.9 Å². The van der Waals surface area contributed by atoms with E-state index in [0.717, 1.165) is 5.56 Å². The van der Waals surface area contributed by atoms with E-state index in [1.807, 2.05) is 44.2 Å². The predicted molar refractivity (Wildman–Crippen MR) is 114 cm³/mol. The van der Waals surface area contributed by atoms with Crippen LogP contribution in [0.1, 0.15) is 38.7 Å². The van der Waals surface area contributed by atoms with Crippen molar-refractivity contribution in [2.24, 2.45) is 5.92 Å². The number of nitrogens with zero attached hydrogens (tertiary/aromatic N) is 1. The molecule has 1 aliphatic rings. The number of amides is 2. The van der Waals surface area contributed by atoms with Gasteiger partial charge in [-0.05, 0) is 30.7 Å². The van der Waals surface area contributed by atoms with E-state index in [-0.39, 0.29) is 12.5 Å². The summed E-state index contributed by atoms with van der Waals surface area (Å²) < 4.78 is 29.6. The van der Waals surface area contributed by atoms with Gasteiger partial charge in [0.1, 0.15) is 18.4 Å². The van der Waals surface area contributed by atoms with E-state index in [2.05, 4.69) is 5.32 Å². The van der Waals surface area contributed by atoms with Crippen LogP contribution in [0.25, 0.3) is 0 Å². The Balaban J connectivity index is 2.00. The van der Waals surface area contributed by atoms with E-state index in [1.165, 1.54) is 4.90 Å². The molecule has 2 unspecified atom stereocenters. The van der Waals surface area contributed by atoms with Crippen LogP contribution >= 0.6 is 0 Å². The van der Waals surface area contributed by atoms with Gasteiger partial charge in [-0.1, -0.05) is 44.2 Å². The van der Waals surface area contributed by atoms with Crippen LogP contribution in [-0.4, -0.2) is 66.5 Å². The number of rotatable bonds is 10. The van der Waals surface area contributed by atoms with E-state index in [0.29, 0.717) is 25.8 Å². The van der Waals surface area contributed by atoms with Gasteiger partial charge in [-0.2, -0.15) is 0 Å². The SMILES string of the molecule is CC(C)CC(CS(=O)(=O)CC(=O)O)NC(=O)C1CCCN1C(=O)OCc1ccccc1. The van der Waals surface area contributed by atoms with Crippen molar-refractivity contribution in [3.63, 3.8) is 0 Å². The maximum atomic E-state index is 12.9. The molecule has 2 N–H and O–H groups in total. The van der Waals surface area contributed by atoms with Crippen LogP contribution in [0.3, 0.4) is 0 Å². The highest BCUT2D eigenvalue weighted by atomic mass is 32.2. The molecule has 2 amide bonds. The number of hydrogen-bond donors (Lipinski definition) is 2. The summed E-state index contributed by atoms with van der Waals surface area (Å²) in [7, 11) is -3.88. The monoisotopic (exact) mass is 454 g/mol. The minimum atomic E-state index is -3.88. The molecule has 0 bridgehead atoms. The van der Waals surface area contributed by atoms with Crippen molar-refractivity contribution >= 4 is 27.8 Å². The number of carbonyl (C=O) groups is 3. The molecule has 2 rings (SSSR count). The largest absolute Gasteiger partial charge is 0.480 e.